The summed E-state index contributed by atoms with van der Waals surface area (Å²) in [5.41, 5.74) is 26.5. The van der Waals surface area contributed by atoms with Crippen LogP contribution in [0.3, 0.4) is 0 Å². The first-order chi connectivity index (χ1) is 34.2. The van der Waals surface area contributed by atoms with Gasteiger partial charge in [0.1, 0.15) is 0 Å². The Morgan fingerprint density at radius 1 is 0.246 bits per heavy atom. The summed E-state index contributed by atoms with van der Waals surface area (Å²) in [6.07, 6.45) is 0. The molecular weight excluding hydrogens is 833 g/mol. The van der Waals surface area contributed by atoms with Crippen LogP contribution in [0.25, 0.3) is 66.8 Å². The van der Waals surface area contributed by atoms with Crippen molar-refractivity contribution in [2.45, 2.75) is 5.41 Å². The molecule has 0 saturated carbocycles. The maximum atomic E-state index is 2.48. The quantitative estimate of drug-likeness (QED) is 0.164. The van der Waals surface area contributed by atoms with Gasteiger partial charge in [0.15, 0.2) is 0 Å². The number of rotatable bonds is 6. The van der Waals surface area contributed by atoms with Crippen molar-refractivity contribution in [2.24, 2.45) is 0 Å². The third kappa shape index (κ3) is 5.92. The topological polar surface area (TPSA) is 6.48 Å². The molecule has 14 rings (SSSR count). The Labute approximate surface area is 403 Å². The summed E-state index contributed by atoms with van der Waals surface area (Å²) >= 11 is 0. The lowest BCUT2D eigenvalue weighted by Gasteiger charge is -2.32. The molecule has 0 fully saturated rings. The molecule has 1 heterocycles. The first-order valence-corrected chi connectivity index (χ1v) is 23.9. The molecule has 1 spiro atoms. The largest absolute Gasteiger partial charge is 0.310 e. The number of para-hydroxylation sites is 2. The van der Waals surface area contributed by atoms with Gasteiger partial charge in [0.05, 0.1) is 16.8 Å². The summed E-state index contributed by atoms with van der Waals surface area (Å²) in [6, 6.07) is 98.6. The van der Waals surface area contributed by atoms with Crippen molar-refractivity contribution in [3.8, 4) is 66.8 Å². The summed E-state index contributed by atoms with van der Waals surface area (Å²) in [4.78, 5) is 4.85. The molecule has 2 aliphatic carbocycles. The Balaban J connectivity index is 0.921. The number of benzene rings is 11. The van der Waals surface area contributed by atoms with Crippen molar-refractivity contribution >= 4 is 34.1 Å². The average molecular weight is 877 g/mol. The van der Waals surface area contributed by atoms with Crippen LogP contribution in [-0.2, 0) is 5.41 Å². The molecule has 0 radical (unpaired) electrons. The predicted octanol–water partition coefficient (Wildman–Crippen LogP) is 18.0. The summed E-state index contributed by atoms with van der Waals surface area (Å²) < 4.78 is 0. The minimum Gasteiger partial charge on any atom is -0.310 e. The summed E-state index contributed by atoms with van der Waals surface area (Å²) in [5.74, 6) is 0. The van der Waals surface area contributed by atoms with Crippen LogP contribution in [0.2, 0.25) is 0 Å². The first kappa shape index (κ1) is 39.2. The van der Waals surface area contributed by atoms with E-state index < -0.39 is 5.41 Å². The normalized spacial score (nSPS) is 13.0. The number of nitrogens with zero attached hydrogens (tertiary/aromatic N) is 2. The van der Waals surface area contributed by atoms with Gasteiger partial charge in [-0.1, -0.05) is 200 Å². The van der Waals surface area contributed by atoms with Gasteiger partial charge in [0.2, 0.25) is 0 Å². The van der Waals surface area contributed by atoms with Crippen LogP contribution in [0.1, 0.15) is 22.3 Å². The standard InChI is InChI=1S/C67H44N2/c1-3-17-45(18-4-1)46-31-36-50(37-32-46)68(52-40-41-58-57-25-11-15-29-63(57)67(64(58)44-52)61-27-13-9-23-55(61)56-24-10-14-28-62(56)67)51-38-33-47(34-39-51)48-35-42-66-60(43-48)54-22-8-7-21-53(54)59-26-12-16-30-65(59)69(66)49-19-5-2-6-20-49/h1-44H. The molecule has 69 heavy (non-hydrogen) atoms. The molecule has 11 aromatic carbocycles. The highest BCUT2D eigenvalue weighted by Gasteiger charge is 2.51. The number of hydrogen-bond acceptors (Lipinski definition) is 2. The Morgan fingerprint density at radius 2 is 0.652 bits per heavy atom. The van der Waals surface area contributed by atoms with Gasteiger partial charge in [-0.25, -0.2) is 0 Å². The Kier molecular flexibility index (Phi) is 8.84. The molecule has 0 saturated heterocycles. The van der Waals surface area contributed by atoms with Gasteiger partial charge in [-0.05, 0) is 145 Å². The smallest absolute Gasteiger partial charge is 0.0726 e. The van der Waals surface area contributed by atoms with E-state index in [-0.39, 0.29) is 0 Å². The molecule has 3 aliphatic rings. The molecule has 0 unspecified atom stereocenters. The van der Waals surface area contributed by atoms with E-state index in [1.807, 2.05) is 0 Å². The molecular formula is C67H44N2. The van der Waals surface area contributed by atoms with Crippen LogP contribution in [0.4, 0.5) is 34.1 Å². The van der Waals surface area contributed by atoms with Crippen molar-refractivity contribution in [1.29, 1.82) is 0 Å². The second kappa shape index (κ2) is 15.6. The van der Waals surface area contributed by atoms with Crippen molar-refractivity contribution in [3.63, 3.8) is 0 Å². The van der Waals surface area contributed by atoms with E-state index in [1.165, 1.54) is 89.1 Å². The SMILES string of the molecule is c1ccc(-c2ccc(N(c3ccc(-c4ccc5c(c4)-c4ccccc4-c4ccccc4N5c4ccccc4)cc3)c3ccc4c(c3)C3(c5ccccc5-c5ccccc53)c3ccccc3-4)cc2)cc1. The van der Waals surface area contributed by atoms with Crippen LogP contribution in [0.5, 0.6) is 0 Å². The lowest BCUT2D eigenvalue weighted by atomic mass is 9.70. The predicted molar refractivity (Wildman–Crippen MR) is 287 cm³/mol. The average Bonchev–Trinajstić information content (AvgIpc) is 3.85. The first-order valence-electron chi connectivity index (χ1n) is 23.9. The van der Waals surface area contributed by atoms with Crippen LogP contribution in [-0.4, -0.2) is 0 Å². The van der Waals surface area contributed by atoms with Crippen LogP contribution < -0.4 is 9.80 Å². The fourth-order valence-corrected chi connectivity index (χ4v) is 11.9. The molecule has 0 aromatic heterocycles. The molecule has 0 N–H and O–H groups in total. The zero-order valence-electron chi connectivity index (χ0n) is 37.8. The lowest BCUT2D eigenvalue weighted by molar-refractivity contribution is 0.793. The Morgan fingerprint density at radius 3 is 1.25 bits per heavy atom. The van der Waals surface area contributed by atoms with E-state index in [1.54, 1.807) is 0 Å². The summed E-state index contributed by atoms with van der Waals surface area (Å²) in [6.45, 7) is 0. The van der Waals surface area contributed by atoms with Crippen LogP contribution >= 0.6 is 0 Å². The van der Waals surface area contributed by atoms with E-state index in [2.05, 4.69) is 277 Å². The van der Waals surface area contributed by atoms with E-state index in [9.17, 15) is 0 Å². The maximum Gasteiger partial charge on any atom is 0.0726 e. The maximum absolute atomic E-state index is 2.48. The zero-order valence-corrected chi connectivity index (χ0v) is 37.8. The Bertz CT molecular complexity index is 3710. The van der Waals surface area contributed by atoms with Crippen LogP contribution in [0, 0.1) is 0 Å². The van der Waals surface area contributed by atoms with E-state index >= 15 is 0 Å². The number of anilines is 6. The minimum atomic E-state index is -0.441. The summed E-state index contributed by atoms with van der Waals surface area (Å²) in [7, 11) is 0. The third-order valence-corrected chi connectivity index (χ3v) is 14.8. The van der Waals surface area contributed by atoms with E-state index in [4.69, 9.17) is 0 Å². The molecule has 2 nitrogen and oxygen atoms in total. The second-order valence-corrected chi connectivity index (χ2v) is 18.4. The van der Waals surface area contributed by atoms with Crippen molar-refractivity contribution in [1.82, 2.24) is 0 Å². The molecule has 11 aromatic rings. The van der Waals surface area contributed by atoms with Crippen molar-refractivity contribution < 1.29 is 0 Å². The van der Waals surface area contributed by atoms with Gasteiger partial charge < -0.3 is 9.80 Å². The van der Waals surface area contributed by atoms with E-state index in [0.717, 1.165) is 34.0 Å². The van der Waals surface area contributed by atoms with Gasteiger partial charge in [0.25, 0.3) is 0 Å². The zero-order chi connectivity index (χ0) is 45.5. The fraction of sp³-hybridized carbons (Fsp3) is 0.0149. The number of hydrogen-bond donors (Lipinski definition) is 0. The molecule has 0 amide bonds. The van der Waals surface area contributed by atoms with Gasteiger partial charge in [-0.15, -0.1) is 0 Å². The Hall–Kier alpha value is -8.98. The van der Waals surface area contributed by atoms with Crippen molar-refractivity contribution in [2.75, 3.05) is 9.80 Å². The fourth-order valence-electron chi connectivity index (χ4n) is 11.9. The molecule has 0 atom stereocenters. The van der Waals surface area contributed by atoms with Crippen LogP contribution in [0.15, 0.2) is 267 Å². The highest BCUT2D eigenvalue weighted by Crippen LogP contribution is 2.63. The van der Waals surface area contributed by atoms with Gasteiger partial charge >= 0.3 is 0 Å². The second-order valence-electron chi connectivity index (χ2n) is 18.4. The lowest BCUT2D eigenvalue weighted by Crippen LogP contribution is -2.26. The van der Waals surface area contributed by atoms with Gasteiger partial charge in [-0.2, -0.15) is 0 Å². The van der Waals surface area contributed by atoms with E-state index in [0.29, 0.717) is 0 Å². The van der Waals surface area contributed by atoms with Crippen molar-refractivity contribution in [3.05, 3.63) is 289 Å². The number of fused-ring (bicyclic) bond motifs is 15. The third-order valence-electron chi connectivity index (χ3n) is 14.8. The molecule has 322 valence electrons. The molecule has 0 bridgehead atoms. The molecule has 2 heteroatoms. The summed E-state index contributed by atoms with van der Waals surface area (Å²) in [5, 5.41) is 0. The van der Waals surface area contributed by atoms with Gasteiger partial charge in [0, 0.05) is 33.9 Å². The van der Waals surface area contributed by atoms with Gasteiger partial charge in [-0.3, -0.25) is 0 Å². The highest BCUT2D eigenvalue weighted by molar-refractivity contribution is 6.03. The molecule has 1 aliphatic heterocycles. The highest BCUT2D eigenvalue weighted by atomic mass is 15.2. The monoisotopic (exact) mass is 876 g/mol. The minimum absolute atomic E-state index is 0.441.